The fourth-order valence-corrected chi connectivity index (χ4v) is 2.66. The minimum atomic E-state index is -0.610. The maximum atomic E-state index is 11.8. The topological polar surface area (TPSA) is 78.2 Å². The van der Waals surface area contributed by atoms with Crippen molar-refractivity contribution in [2.45, 2.75) is 13.5 Å². The minimum Gasteiger partial charge on any atom is -0.462 e. The van der Waals surface area contributed by atoms with Gasteiger partial charge in [-0.15, -0.1) is 11.3 Å². The van der Waals surface area contributed by atoms with Crippen molar-refractivity contribution in [3.63, 3.8) is 0 Å². The molecule has 8 heteroatoms. The highest BCUT2D eigenvalue weighted by Gasteiger charge is 2.26. The number of nitrogens with zero attached hydrogens (tertiary/aromatic N) is 3. The van der Waals surface area contributed by atoms with Crippen LogP contribution in [-0.2, 0) is 16.1 Å². The number of ether oxygens (including phenoxy) is 1. The Morgan fingerprint density at radius 2 is 2.55 bits per heavy atom. The van der Waals surface area contributed by atoms with E-state index >= 15 is 0 Å². The zero-order valence-electron chi connectivity index (χ0n) is 10.9. The maximum Gasteiger partial charge on any atom is 0.352 e. The molecule has 1 saturated heterocycles. The van der Waals surface area contributed by atoms with Crippen LogP contribution in [0.3, 0.4) is 0 Å². The summed E-state index contributed by atoms with van der Waals surface area (Å²) in [5.41, 5.74) is 0.799. The van der Waals surface area contributed by atoms with Crippen molar-refractivity contribution in [2.24, 2.45) is 0 Å². The van der Waals surface area contributed by atoms with Gasteiger partial charge in [0.05, 0.1) is 18.8 Å². The van der Waals surface area contributed by atoms with Gasteiger partial charge in [0.2, 0.25) is 0 Å². The van der Waals surface area contributed by atoms with Gasteiger partial charge < -0.3 is 15.0 Å². The third-order valence-electron chi connectivity index (χ3n) is 2.70. The summed E-state index contributed by atoms with van der Waals surface area (Å²) in [6, 6.07) is 1.91. The van der Waals surface area contributed by atoms with E-state index in [1.165, 1.54) is 11.3 Å². The average Bonchev–Trinajstić information content (AvgIpc) is 3.02. The van der Waals surface area contributed by atoms with Crippen LogP contribution >= 0.6 is 22.9 Å². The van der Waals surface area contributed by atoms with Crippen molar-refractivity contribution in [1.29, 1.82) is 5.26 Å². The molecular weight excluding hydrogens is 300 g/mol. The molecule has 1 N–H and O–H groups in total. The molecule has 1 aliphatic heterocycles. The number of thiazole rings is 1. The Morgan fingerprint density at radius 3 is 3.15 bits per heavy atom. The Labute approximate surface area is 125 Å². The number of esters is 1. The van der Waals surface area contributed by atoms with E-state index in [0.29, 0.717) is 29.9 Å². The molecule has 0 aromatic carbocycles. The van der Waals surface area contributed by atoms with Crippen LogP contribution in [0.4, 0.5) is 0 Å². The smallest absolute Gasteiger partial charge is 0.352 e. The number of halogens is 1. The molecule has 0 unspecified atom stereocenters. The number of hydrogen-bond acceptors (Lipinski definition) is 7. The molecule has 1 aliphatic rings. The van der Waals surface area contributed by atoms with Gasteiger partial charge in [-0.2, -0.15) is 5.26 Å². The molecule has 0 amide bonds. The summed E-state index contributed by atoms with van der Waals surface area (Å²) in [5.74, 6) is -0.115. The van der Waals surface area contributed by atoms with E-state index in [2.05, 4.69) is 10.3 Å². The number of nitriles is 1. The van der Waals surface area contributed by atoms with Gasteiger partial charge in [-0.05, 0) is 6.92 Å². The van der Waals surface area contributed by atoms with Crippen LogP contribution in [0.5, 0.6) is 0 Å². The lowest BCUT2D eigenvalue weighted by molar-refractivity contribution is -0.138. The number of aromatic nitrogens is 1. The molecule has 1 fully saturated rings. The molecule has 0 bridgehead atoms. The molecule has 1 aromatic rings. The lowest BCUT2D eigenvalue weighted by Gasteiger charge is -2.18. The molecule has 6 nitrogen and oxygen atoms in total. The van der Waals surface area contributed by atoms with E-state index in [-0.39, 0.29) is 12.2 Å². The summed E-state index contributed by atoms with van der Waals surface area (Å²) in [6.45, 7) is 3.79. The van der Waals surface area contributed by atoms with E-state index in [1.54, 1.807) is 6.92 Å². The second kappa shape index (κ2) is 6.59. The molecule has 106 valence electrons. The van der Waals surface area contributed by atoms with Gasteiger partial charge in [-0.25, -0.2) is 9.78 Å². The number of carbonyl (C=O) groups excluding carboxylic acids is 1. The fraction of sp³-hybridized carbons (Fsp3) is 0.417. The number of carbonyl (C=O) groups is 1. The Morgan fingerprint density at radius 1 is 1.75 bits per heavy atom. The summed E-state index contributed by atoms with van der Waals surface area (Å²) in [6.07, 6.45) is 0. The van der Waals surface area contributed by atoms with Gasteiger partial charge in [0.25, 0.3) is 0 Å². The molecular formula is C12H13ClN4O2S. The minimum absolute atomic E-state index is 0.00863. The summed E-state index contributed by atoms with van der Waals surface area (Å²) >= 11 is 7.15. The summed E-state index contributed by atoms with van der Waals surface area (Å²) < 4.78 is 5.36. The van der Waals surface area contributed by atoms with Gasteiger partial charge in [-0.1, -0.05) is 11.6 Å². The summed E-state index contributed by atoms with van der Waals surface area (Å²) in [5, 5.41) is 14.1. The molecule has 20 heavy (non-hydrogen) atoms. The van der Waals surface area contributed by atoms with Crippen LogP contribution in [0, 0.1) is 11.3 Å². The second-order valence-corrected chi connectivity index (χ2v) is 5.44. The third kappa shape index (κ3) is 3.21. The van der Waals surface area contributed by atoms with Gasteiger partial charge >= 0.3 is 5.97 Å². The number of nitrogens with one attached hydrogen (secondary N) is 1. The third-order valence-corrected chi connectivity index (χ3v) is 3.72. The maximum absolute atomic E-state index is 11.8. The highest BCUT2D eigenvalue weighted by Crippen LogP contribution is 2.20. The van der Waals surface area contributed by atoms with Crippen LogP contribution in [0.25, 0.3) is 0 Å². The first-order valence-corrected chi connectivity index (χ1v) is 7.31. The first-order valence-electron chi connectivity index (χ1n) is 6.06. The first-order chi connectivity index (χ1) is 9.65. The molecule has 0 spiro atoms. The molecule has 0 saturated carbocycles. The Balaban J connectivity index is 2.20. The quantitative estimate of drug-likeness (QED) is 0.516. The predicted octanol–water partition coefficient (Wildman–Crippen LogP) is 1.50. The molecule has 0 aliphatic carbocycles. The summed E-state index contributed by atoms with van der Waals surface area (Å²) in [4.78, 5) is 17.8. The zero-order valence-corrected chi connectivity index (χ0v) is 12.4. The van der Waals surface area contributed by atoms with E-state index in [9.17, 15) is 4.79 Å². The van der Waals surface area contributed by atoms with Crippen molar-refractivity contribution in [3.8, 4) is 6.07 Å². The normalized spacial score (nSPS) is 16.6. The molecule has 0 atom stereocenters. The largest absolute Gasteiger partial charge is 0.462 e. The monoisotopic (exact) mass is 312 g/mol. The van der Waals surface area contributed by atoms with Crippen molar-refractivity contribution in [2.75, 3.05) is 19.7 Å². The standard InChI is InChI=1S/C12H13ClN4O2S/c1-2-19-11(18)9(5-14)10-15-3-4-17(10)6-8-7-20-12(13)16-8/h7,15H,2-4,6H2,1H3. The van der Waals surface area contributed by atoms with E-state index in [1.807, 2.05) is 16.3 Å². The lowest BCUT2D eigenvalue weighted by atomic mass is 10.2. The van der Waals surface area contributed by atoms with Gasteiger partial charge in [0.1, 0.15) is 11.9 Å². The Kier molecular flexibility index (Phi) is 4.82. The van der Waals surface area contributed by atoms with Gasteiger partial charge in [0.15, 0.2) is 10.0 Å². The number of hydrogen-bond donors (Lipinski definition) is 1. The molecule has 2 heterocycles. The molecule has 0 radical (unpaired) electrons. The van der Waals surface area contributed by atoms with Gasteiger partial charge in [0, 0.05) is 18.5 Å². The highest BCUT2D eigenvalue weighted by atomic mass is 35.5. The van der Waals surface area contributed by atoms with Crippen LogP contribution in [0.15, 0.2) is 16.8 Å². The molecule has 2 rings (SSSR count). The van der Waals surface area contributed by atoms with E-state index in [0.717, 1.165) is 5.69 Å². The van der Waals surface area contributed by atoms with Crippen LogP contribution in [-0.4, -0.2) is 35.5 Å². The van der Waals surface area contributed by atoms with Crippen LogP contribution < -0.4 is 5.32 Å². The number of rotatable bonds is 4. The van der Waals surface area contributed by atoms with Crippen LogP contribution in [0.1, 0.15) is 12.6 Å². The Hall–Kier alpha value is -1.78. The summed E-state index contributed by atoms with van der Waals surface area (Å²) in [7, 11) is 0. The van der Waals surface area contributed by atoms with Crippen molar-refractivity contribution in [3.05, 3.63) is 26.9 Å². The highest BCUT2D eigenvalue weighted by molar-refractivity contribution is 7.13. The van der Waals surface area contributed by atoms with E-state index in [4.69, 9.17) is 21.6 Å². The lowest BCUT2D eigenvalue weighted by Crippen LogP contribution is -2.24. The molecule has 1 aromatic heterocycles. The average molecular weight is 313 g/mol. The van der Waals surface area contributed by atoms with Crippen molar-refractivity contribution in [1.82, 2.24) is 15.2 Å². The second-order valence-electron chi connectivity index (χ2n) is 4.00. The van der Waals surface area contributed by atoms with E-state index < -0.39 is 5.97 Å². The first kappa shape index (κ1) is 14.6. The van der Waals surface area contributed by atoms with Gasteiger partial charge in [-0.3, -0.25) is 0 Å². The van der Waals surface area contributed by atoms with Crippen molar-refractivity contribution >= 4 is 28.9 Å². The zero-order chi connectivity index (χ0) is 14.5. The predicted molar refractivity (Wildman–Crippen MR) is 74.8 cm³/mol. The Bertz CT molecular complexity index is 578. The fourth-order valence-electron chi connectivity index (χ4n) is 1.89. The van der Waals surface area contributed by atoms with Crippen LogP contribution in [0.2, 0.25) is 4.47 Å². The van der Waals surface area contributed by atoms with Crippen molar-refractivity contribution < 1.29 is 9.53 Å². The SMILES string of the molecule is CCOC(=O)C(C#N)=C1NCCN1Cc1csc(Cl)n1.